The van der Waals surface area contributed by atoms with Crippen LogP contribution in [0.1, 0.15) is 45.1 Å². The van der Waals surface area contributed by atoms with Crippen LogP contribution in [-0.2, 0) is 21.2 Å². The fourth-order valence-corrected chi connectivity index (χ4v) is 5.08. The van der Waals surface area contributed by atoms with Gasteiger partial charge in [0.05, 0.1) is 4.90 Å². The molecule has 0 unspecified atom stereocenters. The fraction of sp³-hybridized carbons (Fsp3) is 0.611. The van der Waals surface area contributed by atoms with E-state index in [1.807, 2.05) is 13.8 Å². The van der Waals surface area contributed by atoms with E-state index in [1.54, 1.807) is 27.4 Å². The van der Waals surface area contributed by atoms with Crippen LogP contribution in [0, 0.1) is 5.92 Å². The number of carbonyl (C=O) groups excluding carboxylic acids is 1. The van der Waals surface area contributed by atoms with E-state index in [1.165, 1.54) is 0 Å². The van der Waals surface area contributed by atoms with Crippen LogP contribution in [0.15, 0.2) is 23.1 Å². The highest BCUT2D eigenvalue weighted by atomic mass is 32.2. The number of rotatable bonds is 4. The zero-order valence-corrected chi connectivity index (χ0v) is 15.3. The highest BCUT2D eigenvalue weighted by Crippen LogP contribution is 2.32. The van der Waals surface area contributed by atoms with Crippen molar-refractivity contribution >= 4 is 21.6 Å². The minimum atomic E-state index is -3.41. The van der Waals surface area contributed by atoms with Crippen molar-refractivity contribution in [2.24, 2.45) is 5.92 Å². The summed E-state index contributed by atoms with van der Waals surface area (Å²) >= 11 is 0. The van der Waals surface area contributed by atoms with E-state index >= 15 is 0 Å². The van der Waals surface area contributed by atoms with Gasteiger partial charge < -0.3 is 4.90 Å². The Balaban J connectivity index is 1.84. The van der Waals surface area contributed by atoms with Gasteiger partial charge in [-0.15, -0.1) is 0 Å². The molecule has 2 heterocycles. The first-order chi connectivity index (χ1) is 11.4. The molecule has 1 amide bonds. The molecule has 2 aliphatic rings. The number of sulfonamides is 1. The van der Waals surface area contributed by atoms with Gasteiger partial charge in [-0.2, -0.15) is 4.31 Å². The van der Waals surface area contributed by atoms with Crippen LogP contribution in [0.5, 0.6) is 0 Å². The van der Waals surface area contributed by atoms with Crippen molar-refractivity contribution in [3.8, 4) is 0 Å². The third-order valence-electron chi connectivity index (χ3n) is 4.78. The van der Waals surface area contributed by atoms with E-state index in [2.05, 4.69) is 0 Å². The summed E-state index contributed by atoms with van der Waals surface area (Å²) in [6.45, 7) is 5.93. The van der Waals surface area contributed by atoms with Crippen molar-refractivity contribution in [2.75, 3.05) is 24.5 Å². The summed E-state index contributed by atoms with van der Waals surface area (Å²) in [6, 6.07) is 5.23. The largest absolute Gasteiger partial charge is 0.312 e. The van der Waals surface area contributed by atoms with Crippen molar-refractivity contribution < 1.29 is 13.2 Å². The molecule has 0 aliphatic carbocycles. The number of carbonyl (C=O) groups is 1. The summed E-state index contributed by atoms with van der Waals surface area (Å²) in [5, 5.41) is 0. The summed E-state index contributed by atoms with van der Waals surface area (Å²) in [5.74, 6) is 0.440. The number of fused-ring (bicyclic) bond motifs is 1. The average Bonchev–Trinajstić information content (AvgIpc) is 2.98. The van der Waals surface area contributed by atoms with E-state index in [9.17, 15) is 13.2 Å². The monoisotopic (exact) mass is 350 g/mol. The first-order valence-electron chi connectivity index (χ1n) is 8.83. The van der Waals surface area contributed by atoms with E-state index in [-0.39, 0.29) is 5.91 Å². The summed E-state index contributed by atoms with van der Waals surface area (Å²) in [4.78, 5) is 14.5. The Kier molecular flexibility index (Phi) is 4.97. The van der Waals surface area contributed by atoms with Crippen LogP contribution in [0.2, 0.25) is 0 Å². The van der Waals surface area contributed by atoms with E-state index in [0.717, 1.165) is 36.9 Å². The third kappa shape index (κ3) is 3.35. The fourth-order valence-electron chi connectivity index (χ4n) is 3.51. The number of nitrogens with zero attached hydrogens (tertiary/aromatic N) is 2. The minimum absolute atomic E-state index is 0.121. The molecule has 0 radical (unpaired) electrons. The second-order valence-electron chi connectivity index (χ2n) is 7.15. The number of amides is 1. The lowest BCUT2D eigenvalue weighted by Crippen LogP contribution is -2.35. The average molecular weight is 350 g/mol. The Morgan fingerprint density at radius 3 is 2.50 bits per heavy atom. The van der Waals surface area contributed by atoms with Crippen LogP contribution < -0.4 is 4.90 Å². The van der Waals surface area contributed by atoms with Crippen molar-refractivity contribution in [3.63, 3.8) is 0 Å². The Bertz CT molecular complexity index is 722. The van der Waals surface area contributed by atoms with Gasteiger partial charge in [0.15, 0.2) is 0 Å². The highest BCUT2D eigenvalue weighted by Gasteiger charge is 2.30. The number of anilines is 1. The van der Waals surface area contributed by atoms with E-state index in [0.29, 0.717) is 36.9 Å². The van der Waals surface area contributed by atoms with Gasteiger partial charge in [0.2, 0.25) is 15.9 Å². The molecule has 3 rings (SSSR count). The molecule has 1 aromatic carbocycles. The Morgan fingerprint density at radius 1 is 1.12 bits per heavy atom. The molecule has 1 aromatic rings. The topological polar surface area (TPSA) is 57.7 Å². The summed E-state index contributed by atoms with van der Waals surface area (Å²) < 4.78 is 27.2. The van der Waals surface area contributed by atoms with Gasteiger partial charge in [-0.05, 0) is 48.9 Å². The maximum atomic E-state index is 12.8. The Labute approximate surface area is 144 Å². The smallest absolute Gasteiger partial charge is 0.243 e. The van der Waals surface area contributed by atoms with Crippen molar-refractivity contribution in [1.82, 2.24) is 4.31 Å². The van der Waals surface area contributed by atoms with Crippen LogP contribution in [0.4, 0.5) is 5.69 Å². The van der Waals surface area contributed by atoms with Crippen LogP contribution in [0.3, 0.4) is 0 Å². The zero-order chi connectivity index (χ0) is 17.3. The molecule has 1 saturated heterocycles. The highest BCUT2D eigenvalue weighted by molar-refractivity contribution is 7.89. The van der Waals surface area contributed by atoms with Gasteiger partial charge in [0.25, 0.3) is 0 Å². The maximum Gasteiger partial charge on any atom is 0.243 e. The normalized spacial score (nSPS) is 18.9. The maximum absolute atomic E-state index is 12.8. The predicted octanol–water partition coefficient (Wildman–Crippen LogP) is 2.80. The van der Waals surface area contributed by atoms with Gasteiger partial charge in [0.1, 0.15) is 0 Å². The second-order valence-corrected chi connectivity index (χ2v) is 9.09. The minimum Gasteiger partial charge on any atom is -0.312 e. The zero-order valence-electron chi connectivity index (χ0n) is 14.5. The van der Waals surface area contributed by atoms with Crippen LogP contribution >= 0.6 is 0 Å². The Morgan fingerprint density at radius 2 is 1.83 bits per heavy atom. The number of hydrogen-bond acceptors (Lipinski definition) is 3. The number of benzene rings is 1. The lowest BCUT2D eigenvalue weighted by atomic mass is 10.1. The molecular weight excluding hydrogens is 324 g/mol. The van der Waals surface area contributed by atoms with Gasteiger partial charge in [0, 0.05) is 31.7 Å². The first-order valence-corrected chi connectivity index (χ1v) is 10.3. The summed E-state index contributed by atoms with van der Waals surface area (Å²) in [6.07, 6.45) is 4.21. The number of hydrogen-bond donors (Lipinski definition) is 0. The molecule has 0 spiro atoms. The predicted molar refractivity (Wildman–Crippen MR) is 94.6 cm³/mol. The van der Waals surface area contributed by atoms with Crippen molar-refractivity contribution in [3.05, 3.63) is 23.8 Å². The lowest BCUT2D eigenvalue weighted by molar-refractivity contribution is -0.119. The molecule has 0 bridgehead atoms. The second kappa shape index (κ2) is 6.84. The van der Waals surface area contributed by atoms with Gasteiger partial charge in [-0.1, -0.05) is 20.3 Å². The molecule has 1 fully saturated rings. The molecule has 0 saturated carbocycles. The molecule has 0 atom stereocenters. The standard InChI is InChI=1S/C18H26N2O3S/c1-14(2)12-18(21)20-11-8-15-13-16(6-7-17(15)20)24(22,23)19-9-4-3-5-10-19/h6-7,13-14H,3-5,8-12H2,1-2H3. The molecule has 6 heteroatoms. The van der Waals surface area contributed by atoms with Crippen LogP contribution in [0.25, 0.3) is 0 Å². The molecule has 2 aliphatic heterocycles. The van der Waals surface area contributed by atoms with E-state index < -0.39 is 10.0 Å². The molecular formula is C18H26N2O3S. The van der Waals surface area contributed by atoms with Crippen molar-refractivity contribution in [2.45, 2.75) is 50.8 Å². The summed E-state index contributed by atoms with van der Waals surface area (Å²) in [5.41, 5.74) is 1.84. The summed E-state index contributed by atoms with van der Waals surface area (Å²) in [7, 11) is -3.41. The molecule has 24 heavy (non-hydrogen) atoms. The molecule has 5 nitrogen and oxygen atoms in total. The SMILES string of the molecule is CC(C)CC(=O)N1CCc2cc(S(=O)(=O)N3CCCCC3)ccc21. The molecule has 0 aromatic heterocycles. The van der Waals surface area contributed by atoms with Gasteiger partial charge in [-0.25, -0.2) is 8.42 Å². The van der Waals surface area contributed by atoms with E-state index in [4.69, 9.17) is 0 Å². The quantitative estimate of drug-likeness (QED) is 0.839. The van der Waals surface area contributed by atoms with Gasteiger partial charge in [-0.3, -0.25) is 4.79 Å². The van der Waals surface area contributed by atoms with Crippen LogP contribution in [-0.4, -0.2) is 38.3 Å². The molecule has 0 N–H and O–H groups in total. The Hall–Kier alpha value is -1.40. The third-order valence-corrected chi connectivity index (χ3v) is 6.68. The molecule has 132 valence electrons. The van der Waals surface area contributed by atoms with Crippen molar-refractivity contribution in [1.29, 1.82) is 0 Å². The lowest BCUT2D eigenvalue weighted by Gasteiger charge is -2.26. The first kappa shape index (κ1) is 17.4. The van der Waals surface area contributed by atoms with Gasteiger partial charge >= 0.3 is 0 Å². The number of piperidine rings is 1.